The van der Waals surface area contributed by atoms with Gasteiger partial charge in [-0.05, 0) is 49.2 Å². The molecular formula is C20H23FN2O3. The van der Waals surface area contributed by atoms with Crippen molar-refractivity contribution in [3.05, 3.63) is 65.5 Å². The van der Waals surface area contributed by atoms with Gasteiger partial charge in [-0.15, -0.1) is 0 Å². The second-order valence-corrected chi connectivity index (χ2v) is 6.82. The summed E-state index contributed by atoms with van der Waals surface area (Å²) in [5, 5.41) is 14.7. The van der Waals surface area contributed by atoms with Gasteiger partial charge >= 0.3 is 0 Å². The maximum absolute atomic E-state index is 12.9. The van der Waals surface area contributed by atoms with Crippen LogP contribution in [0.1, 0.15) is 25.0 Å². The van der Waals surface area contributed by atoms with Gasteiger partial charge in [-0.3, -0.25) is 9.59 Å². The lowest BCUT2D eigenvalue weighted by Gasteiger charge is -2.23. The van der Waals surface area contributed by atoms with Gasteiger partial charge in [0, 0.05) is 5.69 Å². The average molecular weight is 358 g/mol. The van der Waals surface area contributed by atoms with Crippen molar-refractivity contribution in [2.75, 3.05) is 11.9 Å². The highest BCUT2D eigenvalue weighted by Crippen LogP contribution is 2.12. The molecule has 0 aromatic heterocycles. The van der Waals surface area contributed by atoms with Crippen LogP contribution < -0.4 is 10.6 Å². The molecule has 0 fully saturated rings. The molecule has 26 heavy (non-hydrogen) atoms. The van der Waals surface area contributed by atoms with Crippen LogP contribution in [-0.2, 0) is 22.4 Å². The summed E-state index contributed by atoms with van der Waals surface area (Å²) in [6.07, 6.45) is 0.341. The maximum atomic E-state index is 12.9. The molecule has 0 heterocycles. The molecule has 2 rings (SSSR count). The van der Waals surface area contributed by atoms with Crippen LogP contribution >= 0.6 is 0 Å². The Morgan fingerprint density at radius 1 is 0.923 bits per heavy atom. The lowest BCUT2D eigenvalue weighted by atomic mass is 10.1. The summed E-state index contributed by atoms with van der Waals surface area (Å²) in [7, 11) is 0. The van der Waals surface area contributed by atoms with E-state index in [1.165, 1.54) is 12.1 Å². The van der Waals surface area contributed by atoms with E-state index in [-0.39, 0.29) is 37.1 Å². The molecule has 2 aromatic rings. The fraction of sp³-hybridized carbons (Fsp3) is 0.300. The average Bonchev–Trinajstić information content (AvgIpc) is 2.58. The van der Waals surface area contributed by atoms with Crippen LogP contribution in [0.15, 0.2) is 48.5 Å². The van der Waals surface area contributed by atoms with Gasteiger partial charge in [0.2, 0.25) is 11.8 Å². The third kappa shape index (κ3) is 6.29. The van der Waals surface area contributed by atoms with Gasteiger partial charge in [0.25, 0.3) is 0 Å². The zero-order valence-corrected chi connectivity index (χ0v) is 14.9. The fourth-order valence-electron chi connectivity index (χ4n) is 2.35. The first-order valence-corrected chi connectivity index (χ1v) is 8.32. The highest BCUT2D eigenvalue weighted by atomic mass is 19.1. The van der Waals surface area contributed by atoms with E-state index in [4.69, 9.17) is 0 Å². The van der Waals surface area contributed by atoms with Crippen LogP contribution in [-0.4, -0.2) is 29.1 Å². The summed E-state index contributed by atoms with van der Waals surface area (Å²) in [5.41, 5.74) is 1.49. The summed E-state index contributed by atoms with van der Waals surface area (Å²) in [6, 6.07) is 12.8. The first-order valence-electron chi connectivity index (χ1n) is 8.32. The second kappa shape index (κ2) is 8.58. The Kier molecular flexibility index (Phi) is 6.46. The van der Waals surface area contributed by atoms with Crippen LogP contribution in [0, 0.1) is 5.82 Å². The van der Waals surface area contributed by atoms with Gasteiger partial charge in [-0.2, -0.15) is 0 Å². The minimum absolute atomic E-state index is 0.141. The van der Waals surface area contributed by atoms with Crippen molar-refractivity contribution in [3.8, 4) is 0 Å². The number of aliphatic hydroxyl groups excluding tert-OH is 1. The third-order valence-corrected chi connectivity index (χ3v) is 3.75. The normalized spacial score (nSPS) is 11.1. The summed E-state index contributed by atoms with van der Waals surface area (Å²) in [4.78, 5) is 24.0. The molecule has 0 unspecified atom stereocenters. The number of amides is 2. The van der Waals surface area contributed by atoms with E-state index < -0.39 is 5.54 Å². The van der Waals surface area contributed by atoms with Gasteiger partial charge in [0.15, 0.2) is 0 Å². The molecule has 0 atom stereocenters. The number of anilines is 1. The van der Waals surface area contributed by atoms with Crippen molar-refractivity contribution in [2.45, 2.75) is 32.2 Å². The first-order chi connectivity index (χ1) is 12.3. The lowest BCUT2D eigenvalue weighted by molar-refractivity contribution is -0.122. The molecule has 0 saturated heterocycles. The van der Waals surface area contributed by atoms with E-state index in [0.29, 0.717) is 5.69 Å². The number of nitrogens with one attached hydrogen (secondary N) is 2. The Morgan fingerprint density at radius 2 is 1.42 bits per heavy atom. The number of carbonyl (C=O) groups is 2. The van der Waals surface area contributed by atoms with Crippen LogP contribution in [0.25, 0.3) is 0 Å². The minimum Gasteiger partial charge on any atom is -0.394 e. The number of aliphatic hydroxyl groups is 1. The van der Waals surface area contributed by atoms with Crippen LogP contribution in [0.4, 0.5) is 10.1 Å². The molecule has 2 amide bonds. The number of carbonyl (C=O) groups excluding carboxylic acids is 2. The SMILES string of the molecule is CC(C)(CO)NC(=O)Cc1ccc(NC(=O)Cc2ccc(F)cc2)cc1. The minimum atomic E-state index is -0.661. The molecule has 0 radical (unpaired) electrons. The quantitative estimate of drug-likeness (QED) is 0.711. The highest BCUT2D eigenvalue weighted by Gasteiger charge is 2.18. The Labute approximate surface area is 152 Å². The maximum Gasteiger partial charge on any atom is 0.228 e. The Hall–Kier alpha value is -2.73. The summed E-state index contributed by atoms with van der Waals surface area (Å²) in [6.45, 7) is 3.34. The number of hydrogen-bond acceptors (Lipinski definition) is 3. The van der Waals surface area contributed by atoms with Crippen LogP contribution in [0.3, 0.4) is 0 Å². The smallest absolute Gasteiger partial charge is 0.228 e. The molecule has 0 saturated carbocycles. The summed E-state index contributed by atoms with van der Waals surface area (Å²) in [5.74, 6) is -0.722. The standard InChI is InChI=1S/C20H23FN2O3/c1-20(2,13-24)23-19(26)12-15-5-9-17(10-6-15)22-18(25)11-14-3-7-16(21)8-4-14/h3-10,24H,11-13H2,1-2H3,(H,22,25)(H,23,26). The molecule has 0 spiro atoms. The lowest BCUT2D eigenvalue weighted by Crippen LogP contribution is -2.46. The zero-order chi connectivity index (χ0) is 19.2. The van der Waals surface area contributed by atoms with Crippen molar-refractivity contribution in [1.82, 2.24) is 5.32 Å². The van der Waals surface area contributed by atoms with E-state index in [0.717, 1.165) is 11.1 Å². The largest absolute Gasteiger partial charge is 0.394 e. The third-order valence-electron chi connectivity index (χ3n) is 3.75. The molecule has 0 aliphatic heterocycles. The highest BCUT2D eigenvalue weighted by molar-refractivity contribution is 5.92. The van der Waals surface area contributed by atoms with Crippen molar-refractivity contribution < 1.29 is 19.1 Å². The van der Waals surface area contributed by atoms with E-state index in [1.807, 2.05) is 0 Å². The molecule has 2 aromatic carbocycles. The van der Waals surface area contributed by atoms with Crippen LogP contribution in [0.5, 0.6) is 0 Å². The molecule has 0 aliphatic carbocycles. The van der Waals surface area contributed by atoms with E-state index in [2.05, 4.69) is 10.6 Å². The predicted molar refractivity (Wildman–Crippen MR) is 98.2 cm³/mol. The van der Waals surface area contributed by atoms with Crippen molar-refractivity contribution in [3.63, 3.8) is 0 Å². The predicted octanol–water partition coefficient (Wildman–Crippen LogP) is 2.44. The van der Waals surface area contributed by atoms with E-state index >= 15 is 0 Å². The van der Waals surface area contributed by atoms with E-state index in [9.17, 15) is 19.1 Å². The zero-order valence-electron chi connectivity index (χ0n) is 14.9. The molecule has 3 N–H and O–H groups in total. The number of benzene rings is 2. The molecule has 0 bridgehead atoms. The van der Waals surface area contributed by atoms with Gasteiger partial charge in [-0.1, -0.05) is 24.3 Å². The van der Waals surface area contributed by atoms with Gasteiger partial charge in [0.05, 0.1) is 25.0 Å². The Balaban J connectivity index is 1.87. The fourth-order valence-corrected chi connectivity index (χ4v) is 2.35. The summed E-state index contributed by atoms with van der Waals surface area (Å²) >= 11 is 0. The number of rotatable bonds is 7. The van der Waals surface area contributed by atoms with Crippen molar-refractivity contribution >= 4 is 17.5 Å². The van der Waals surface area contributed by atoms with Gasteiger partial charge < -0.3 is 15.7 Å². The topological polar surface area (TPSA) is 78.4 Å². The molecule has 5 nitrogen and oxygen atoms in total. The van der Waals surface area contributed by atoms with Crippen molar-refractivity contribution in [1.29, 1.82) is 0 Å². The first kappa shape index (κ1) is 19.6. The Bertz CT molecular complexity index is 756. The molecule has 138 valence electrons. The van der Waals surface area contributed by atoms with Gasteiger partial charge in [-0.25, -0.2) is 4.39 Å². The second-order valence-electron chi connectivity index (χ2n) is 6.82. The summed E-state index contributed by atoms with van der Waals surface area (Å²) < 4.78 is 12.9. The molecule has 0 aliphatic rings. The van der Waals surface area contributed by atoms with E-state index in [1.54, 1.807) is 50.2 Å². The molecular weight excluding hydrogens is 335 g/mol. The van der Waals surface area contributed by atoms with Gasteiger partial charge in [0.1, 0.15) is 5.82 Å². The monoisotopic (exact) mass is 358 g/mol. The van der Waals surface area contributed by atoms with Crippen molar-refractivity contribution in [2.24, 2.45) is 0 Å². The van der Waals surface area contributed by atoms with Crippen LogP contribution in [0.2, 0.25) is 0 Å². The molecule has 6 heteroatoms. The Morgan fingerprint density at radius 3 is 1.96 bits per heavy atom. The number of hydrogen-bond donors (Lipinski definition) is 3. The number of halogens is 1.